The van der Waals surface area contributed by atoms with E-state index in [2.05, 4.69) is 0 Å². The summed E-state index contributed by atoms with van der Waals surface area (Å²) >= 11 is 0. The quantitative estimate of drug-likeness (QED) is 0.633. The van der Waals surface area contributed by atoms with Crippen LogP contribution >= 0.6 is 0 Å². The summed E-state index contributed by atoms with van der Waals surface area (Å²) in [7, 11) is 1.63. The summed E-state index contributed by atoms with van der Waals surface area (Å²) in [5.41, 5.74) is -0.627. The van der Waals surface area contributed by atoms with Gasteiger partial charge in [-0.2, -0.15) is 0 Å². The predicted molar refractivity (Wildman–Crippen MR) is 43.9 cm³/mol. The number of hydrogen-bond donors (Lipinski definition) is 1. The molecule has 2 heterocycles. The van der Waals surface area contributed by atoms with Crippen molar-refractivity contribution in [1.82, 2.24) is 0 Å². The molecule has 2 rings (SSSR count). The lowest BCUT2D eigenvalue weighted by atomic mass is 9.79. The normalized spacial score (nSPS) is 58.0. The molecule has 0 aliphatic carbocycles. The summed E-state index contributed by atoms with van der Waals surface area (Å²) in [4.78, 5) is 0. The van der Waals surface area contributed by atoms with Gasteiger partial charge in [0, 0.05) is 7.11 Å². The molecule has 0 amide bonds. The molecule has 2 saturated heterocycles. The molecule has 3 heteroatoms. The number of aliphatic hydroxyl groups excluding tert-OH is 1. The Labute approximate surface area is 72.7 Å². The first-order valence-corrected chi connectivity index (χ1v) is 4.43. The summed E-state index contributed by atoms with van der Waals surface area (Å²) in [5, 5.41) is 9.85. The molecule has 0 aromatic heterocycles. The second kappa shape index (κ2) is 2.22. The van der Waals surface area contributed by atoms with Crippen LogP contribution in [0.15, 0.2) is 0 Å². The molecule has 0 aromatic carbocycles. The van der Waals surface area contributed by atoms with Crippen LogP contribution in [-0.4, -0.2) is 35.6 Å². The molecule has 0 spiro atoms. The fourth-order valence-corrected chi connectivity index (χ4v) is 2.57. The highest BCUT2D eigenvalue weighted by Gasteiger charge is 2.63. The highest BCUT2D eigenvalue weighted by Crippen LogP contribution is 2.51. The van der Waals surface area contributed by atoms with Gasteiger partial charge < -0.3 is 14.6 Å². The third kappa shape index (κ3) is 0.817. The zero-order chi connectivity index (χ0) is 8.98. The van der Waals surface area contributed by atoms with Gasteiger partial charge >= 0.3 is 0 Å². The van der Waals surface area contributed by atoms with Crippen molar-refractivity contribution in [2.24, 2.45) is 0 Å². The van der Waals surface area contributed by atoms with Gasteiger partial charge in [-0.05, 0) is 26.7 Å². The van der Waals surface area contributed by atoms with Crippen LogP contribution in [0.5, 0.6) is 0 Å². The van der Waals surface area contributed by atoms with Gasteiger partial charge in [0.2, 0.25) is 0 Å². The number of fused-ring (bicyclic) bond motifs is 2. The van der Waals surface area contributed by atoms with E-state index in [0.29, 0.717) is 0 Å². The highest BCUT2D eigenvalue weighted by molar-refractivity contribution is 5.12. The number of aliphatic hydroxyl groups is 1. The zero-order valence-electron chi connectivity index (χ0n) is 7.83. The van der Waals surface area contributed by atoms with Gasteiger partial charge in [0.05, 0.1) is 11.2 Å². The molecule has 2 bridgehead atoms. The van der Waals surface area contributed by atoms with Gasteiger partial charge in [-0.15, -0.1) is 0 Å². The summed E-state index contributed by atoms with van der Waals surface area (Å²) in [6.45, 7) is 3.98. The van der Waals surface area contributed by atoms with Gasteiger partial charge in [0.15, 0.2) is 0 Å². The molecule has 0 saturated carbocycles. The summed E-state index contributed by atoms with van der Waals surface area (Å²) < 4.78 is 11.0. The monoisotopic (exact) mass is 172 g/mol. The molecule has 0 radical (unpaired) electrons. The molecule has 0 aromatic rings. The van der Waals surface area contributed by atoms with E-state index in [9.17, 15) is 5.11 Å². The van der Waals surface area contributed by atoms with Crippen molar-refractivity contribution in [3.63, 3.8) is 0 Å². The number of hydrogen-bond acceptors (Lipinski definition) is 3. The minimum absolute atomic E-state index is 0.156. The maximum Gasteiger partial charge on any atom is 0.114 e. The maximum atomic E-state index is 9.85. The molecule has 2 aliphatic rings. The largest absolute Gasteiger partial charge is 0.387 e. The lowest BCUT2D eigenvalue weighted by Gasteiger charge is -2.31. The van der Waals surface area contributed by atoms with Crippen molar-refractivity contribution in [1.29, 1.82) is 0 Å². The van der Waals surface area contributed by atoms with Crippen molar-refractivity contribution in [2.45, 2.75) is 50.1 Å². The lowest BCUT2D eigenvalue weighted by Crippen LogP contribution is -2.47. The first kappa shape index (κ1) is 8.48. The minimum Gasteiger partial charge on any atom is -0.387 e. The van der Waals surface area contributed by atoms with Gasteiger partial charge in [-0.25, -0.2) is 0 Å². The molecule has 4 atom stereocenters. The van der Waals surface area contributed by atoms with E-state index >= 15 is 0 Å². The summed E-state index contributed by atoms with van der Waals surface area (Å²) in [5.74, 6) is 0. The SMILES string of the molecule is COC1[C@H](O)[C@@]2(C)CC[C@]1(C)O2. The fraction of sp³-hybridized carbons (Fsp3) is 1.00. The lowest BCUT2D eigenvalue weighted by molar-refractivity contribution is -0.0671. The second-order valence-electron chi connectivity index (χ2n) is 4.33. The Balaban J connectivity index is 2.30. The Morgan fingerprint density at radius 3 is 2.25 bits per heavy atom. The number of rotatable bonds is 1. The fourth-order valence-electron chi connectivity index (χ4n) is 2.57. The second-order valence-corrected chi connectivity index (χ2v) is 4.33. The van der Waals surface area contributed by atoms with E-state index in [1.54, 1.807) is 7.11 Å². The van der Waals surface area contributed by atoms with Gasteiger partial charge in [-0.3, -0.25) is 0 Å². The average Bonchev–Trinajstić information content (AvgIpc) is 2.38. The van der Waals surface area contributed by atoms with Crippen LogP contribution in [0.3, 0.4) is 0 Å². The first-order chi connectivity index (χ1) is 5.52. The van der Waals surface area contributed by atoms with Gasteiger partial charge in [0.1, 0.15) is 12.2 Å². The van der Waals surface area contributed by atoms with Gasteiger partial charge in [0.25, 0.3) is 0 Å². The minimum atomic E-state index is -0.471. The van der Waals surface area contributed by atoms with E-state index in [0.717, 1.165) is 12.8 Å². The zero-order valence-corrected chi connectivity index (χ0v) is 7.83. The van der Waals surface area contributed by atoms with Crippen molar-refractivity contribution >= 4 is 0 Å². The van der Waals surface area contributed by atoms with Crippen LogP contribution in [0.4, 0.5) is 0 Å². The van der Waals surface area contributed by atoms with Crippen LogP contribution in [-0.2, 0) is 9.47 Å². The Bertz CT molecular complexity index is 206. The van der Waals surface area contributed by atoms with Crippen LogP contribution in [0, 0.1) is 0 Å². The van der Waals surface area contributed by atoms with Crippen LogP contribution in [0.25, 0.3) is 0 Å². The Morgan fingerprint density at radius 2 is 1.92 bits per heavy atom. The first-order valence-electron chi connectivity index (χ1n) is 4.43. The molecule has 2 fully saturated rings. The molecular formula is C9H16O3. The maximum absolute atomic E-state index is 9.85. The van der Waals surface area contributed by atoms with E-state index in [-0.39, 0.29) is 17.3 Å². The summed E-state index contributed by atoms with van der Waals surface area (Å²) in [6, 6.07) is 0. The van der Waals surface area contributed by atoms with Crippen molar-refractivity contribution in [3.05, 3.63) is 0 Å². The van der Waals surface area contributed by atoms with Crippen molar-refractivity contribution in [2.75, 3.05) is 7.11 Å². The van der Waals surface area contributed by atoms with E-state index in [4.69, 9.17) is 9.47 Å². The molecule has 70 valence electrons. The van der Waals surface area contributed by atoms with Crippen molar-refractivity contribution < 1.29 is 14.6 Å². The Kier molecular flexibility index (Phi) is 1.57. The van der Waals surface area contributed by atoms with E-state index < -0.39 is 6.10 Å². The third-order valence-electron chi connectivity index (χ3n) is 3.35. The van der Waals surface area contributed by atoms with E-state index in [1.807, 2.05) is 13.8 Å². The van der Waals surface area contributed by atoms with Crippen molar-refractivity contribution in [3.8, 4) is 0 Å². The average molecular weight is 172 g/mol. The highest BCUT2D eigenvalue weighted by atomic mass is 16.6. The molecule has 1 unspecified atom stereocenters. The molecule has 12 heavy (non-hydrogen) atoms. The van der Waals surface area contributed by atoms with Crippen LogP contribution in [0.1, 0.15) is 26.7 Å². The van der Waals surface area contributed by atoms with Crippen LogP contribution < -0.4 is 0 Å². The number of ether oxygens (including phenoxy) is 2. The summed E-state index contributed by atoms with van der Waals surface area (Å²) in [6.07, 6.45) is 1.29. The smallest absolute Gasteiger partial charge is 0.114 e. The molecule has 2 aliphatic heterocycles. The van der Waals surface area contributed by atoms with E-state index in [1.165, 1.54) is 0 Å². The number of methoxy groups -OCH3 is 1. The standard InChI is InChI=1S/C9H16O3/c1-8-4-5-9(2,12-8)7(11-3)6(8)10/h6-7,10H,4-5H2,1-3H3/t6-,7?,8+,9-/m0/s1. The molecule has 1 N–H and O–H groups in total. The van der Waals surface area contributed by atoms with Crippen LogP contribution in [0.2, 0.25) is 0 Å². The Morgan fingerprint density at radius 1 is 1.33 bits per heavy atom. The molecule has 3 nitrogen and oxygen atoms in total. The Hall–Kier alpha value is -0.120. The van der Waals surface area contributed by atoms with Gasteiger partial charge in [-0.1, -0.05) is 0 Å². The third-order valence-corrected chi connectivity index (χ3v) is 3.35. The predicted octanol–water partition coefficient (Wildman–Crippen LogP) is 0.704. The topological polar surface area (TPSA) is 38.7 Å². The molecular weight excluding hydrogens is 156 g/mol.